The number of hydrogen-bond donors (Lipinski definition) is 2. The molecule has 2 N–H and O–H groups in total. The highest BCUT2D eigenvalue weighted by atomic mass is 16.1. The normalized spacial score (nSPS) is 17.8. The second-order valence-corrected chi connectivity index (χ2v) is 3.32. The predicted molar refractivity (Wildman–Crippen MR) is 46.4 cm³/mol. The van der Waals surface area contributed by atoms with Crippen LogP contribution in [-0.2, 0) is 0 Å². The molecule has 0 saturated carbocycles. The quantitative estimate of drug-likeness (QED) is 0.615. The Bertz CT molecular complexity index is 346. The molecule has 0 amide bonds. The maximum atomic E-state index is 11.4. The molecule has 1 aliphatic rings. The van der Waals surface area contributed by atoms with Gasteiger partial charge in [-0.2, -0.15) is 0 Å². The fourth-order valence-corrected chi connectivity index (χ4v) is 1.54. The molecule has 0 atom stereocenters. The lowest BCUT2D eigenvalue weighted by molar-refractivity contribution is 0.332. The first-order valence-corrected chi connectivity index (χ1v) is 4.18. The van der Waals surface area contributed by atoms with Crippen molar-refractivity contribution in [1.29, 1.82) is 0 Å². The van der Waals surface area contributed by atoms with Crippen molar-refractivity contribution in [2.24, 2.45) is 0 Å². The average molecular weight is 167 g/mol. The van der Waals surface area contributed by atoms with Gasteiger partial charge in [0, 0.05) is 24.5 Å². The molecule has 0 aliphatic carbocycles. The topological polar surface area (TPSA) is 49.8 Å². The molecule has 2 rings (SSSR count). The molecule has 1 fully saturated rings. The van der Waals surface area contributed by atoms with E-state index in [1.807, 2.05) is 18.4 Å². The van der Waals surface area contributed by atoms with Crippen molar-refractivity contribution in [2.75, 3.05) is 13.1 Å². The molecule has 1 aromatic rings. The summed E-state index contributed by atoms with van der Waals surface area (Å²) in [6.45, 7) is 5.74. The Kier molecular flexibility index (Phi) is 1.58. The number of imidazole rings is 1. The SMILES string of the molecule is Cc1[nH]c(=O)n(C2CNC2)c1C. The van der Waals surface area contributed by atoms with Crippen molar-refractivity contribution >= 4 is 0 Å². The van der Waals surface area contributed by atoms with Crippen LogP contribution in [0.15, 0.2) is 4.79 Å². The molecule has 4 heteroatoms. The van der Waals surface area contributed by atoms with Crippen LogP contribution in [0.5, 0.6) is 0 Å². The molecule has 66 valence electrons. The third-order valence-electron chi connectivity index (χ3n) is 2.54. The standard InChI is InChI=1S/C8H13N3O/c1-5-6(2)11(8(12)10-5)7-3-9-4-7/h7,9H,3-4H2,1-2H3,(H,10,12). The van der Waals surface area contributed by atoms with Crippen LogP contribution in [0.1, 0.15) is 17.4 Å². The first-order valence-electron chi connectivity index (χ1n) is 4.18. The Morgan fingerprint density at radius 1 is 1.42 bits per heavy atom. The van der Waals surface area contributed by atoms with Crippen LogP contribution < -0.4 is 11.0 Å². The van der Waals surface area contributed by atoms with Gasteiger partial charge in [-0.05, 0) is 13.8 Å². The molecule has 0 unspecified atom stereocenters. The van der Waals surface area contributed by atoms with Gasteiger partial charge in [-0.15, -0.1) is 0 Å². The molecule has 0 radical (unpaired) electrons. The summed E-state index contributed by atoms with van der Waals surface area (Å²) in [7, 11) is 0. The lowest BCUT2D eigenvalue weighted by Crippen LogP contribution is -2.46. The van der Waals surface area contributed by atoms with Crippen LogP contribution in [-0.4, -0.2) is 22.6 Å². The number of H-pyrrole nitrogens is 1. The first kappa shape index (κ1) is 7.61. The number of nitrogens with one attached hydrogen (secondary N) is 2. The Labute approximate surface area is 70.6 Å². The van der Waals surface area contributed by atoms with E-state index in [0.717, 1.165) is 24.5 Å². The van der Waals surface area contributed by atoms with E-state index in [-0.39, 0.29) is 5.69 Å². The van der Waals surface area contributed by atoms with Crippen LogP contribution in [0, 0.1) is 13.8 Å². The van der Waals surface area contributed by atoms with E-state index in [2.05, 4.69) is 10.3 Å². The van der Waals surface area contributed by atoms with Crippen molar-refractivity contribution in [3.05, 3.63) is 21.9 Å². The third kappa shape index (κ3) is 0.914. The van der Waals surface area contributed by atoms with Gasteiger partial charge in [0.2, 0.25) is 0 Å². The molecular formula is C8H13N3O. The van der Waals surface area contributed by atoms with Gasteiger partial charge in [-0.3, -0.25) is 4.57 Å². The Morgan fingerprint density at radius 3 is 2.42 bits per heavy atom. The summed E-state index contributed by atoms with van der Waals surface area (Å²) in [4.78, 5) is 14.2. The van der Waals surface area contributed by atoms with Crippen molar-refractivity contribution in [1.82, 2.24) is 14.9 Å². The van der Waals surface area contributed by atoms with E-state index < -0.39 is 0 Å². The number of hydrogen-bond acceptors (Lipinski definition) is 2. The fraction of sp³-hybridized carbons (Fsp3) is 0.625. The van der Waals surface area contributed by atoms with E-state index in [1.165, 1.54) is 0 Å². The zero-order chi connectivity index (χ0) is 8.72. The van der Waals surface area contributed by atoms with Gasteiger partial charge in [0.25, 0.3) is 0 Å². The van der Waals surface area contributed by atoms with Crippen LogP contribution in [0.2, 0.25) is 0 Å². The van der Waals surface area contributed by atoms with Gasteiger partial charge < -0.3 is 10.3 Å². The van der Waals surface area contributed by atoms with Crippen LogP contribution in [0.25, 0.3) is 0 Å². The summed E-state index contributed by atoms with van der Waals surface area (Å²) < 4.78 is 1.84. The van der Waals surface area contributed by atoms with Gasteiger partial charge in [0.15, 0.2) is 0 Å². The highest BCUT2D eigenvalue weighted by Crippen LogP contribution is 2.12. The molecule has 2 heterocycles. The predicted octanol–water partition coefficient (Wildman–Crippen LogP) is -0.0625. The van der Waals surface area contributed by atoms with Crippen molar-refractivity contribution in [3.8, 4) is 0 Å². The van der Waals surface area contributed by atoms with Gasteiger partial charge in [-0.25, -0.2) is 4.79 Å². The van der Waals surface area contributed by atoms with E-state index in [9.17, 15) is 4.79 Å². The van der Waals surface area contributed by atoms with Crippen LogP contribution in [0.4, 0.5) is 0 Å². The van der Waals surface area contributed by atoms with Gasteiger partial charge >= 0.3 is 5.69 Å². The average Bonchev–Trinajstić information content (AvgIpc) is 2.13. The van der Waals surface area contributed by atoms with Gasteiger partial charge in [0.1, 0.15) is 0 Å². The molecular weight excluding hydrogens is 154 g/mol. The number of aryl methyl sites for hydroxylation is 1. The third-order valence-corrected chi connectivity index (χ3v) is 2.54. The maximum Gasteiger partial charge on any atom is 0.326 e. The number of aromatic amines is 1. The van der Waals surface area contributed by atoms with Crippen molar-refractivity contribution in [3.63, 3.8) is 0 Å². The summed E-state index contributed by atoms with van der Waals surface area (Å²) >= 11 is 0. The number of rotatable bonds is 1. The number of nitrogens with zero attached hydrogens (tertiary/aromatic N) is 1. The molecule has 1 aromatic heterocycles. The highest BCUT2D eigenvalue weighted by molar-refractivity contribution is 5.11. The highest BCUT2D eigenvalue weighted by Gasteiger charge is 2.22. The smallest absolute Gasteiger partial charge is 0.313 e. The molecule has 1 aliphatic heterocycles. The molecule has 0 bridgehead atoms. The monoisotopic (exact) mass is 167 g/mol. The molecule has 12 heavy (non-hydrogen) atoms. The van der Waals surface area contributed by atoms with Crippen LogP contribution >= 0.6 is 0 Å². The minimum atomic E-state index is 0.0245. The second-order valence-electron chi connectivity index (χ2n) is 3.32. The van der Waals surface area contributed by atoms with E-state index in [0.29, 0.717) is 6.04 Å². The van der Waals surface area contributed by atoms with Crippen molar-refractivity contribution < 1.29 is 0 Å². The van der Waals surface area contributed by atoms with Gasteiger partial charge in [0.05, 0.1) is 6.04 Å². The Morgan fingerprint density at radius 2 is 2.08 bits per heavy atom. The lowest BCUT2D eigenvalue weighted by atomic mass is 10.1. The molecule has 0 aromatic carbocycles. The summed E-state index contributed by atoms with van der Waals surface area (Å²) in [5.41, 5.74) is 2.06. The Hall–Kier alpha value is -1.03. The fourth-order valence-electron chi connectivity index (χ4n) is 1.54. The second kappa shape index (κ2) is 2.48. The molecule has 4 nitrogen and oxygen atoms in total. The van der Waals surface area contributed by atoms with Gasteiger partial charge in [-0.1, -0.05) is 0 Å². The minimum Gasteiger partial charge on any atom is -0.313 e. The lowest BCUT2D eigenvalue weighted by Gasteiger charge is -2.28. The summed E-state index contributed by atoms with van der Waals surface area (Å²) in [6.07, 6.45) is 0. The maximum absolute atomic E-state index is 11.4. The molecule has 1 saturated heterocycles. The van der Waals surface area contributed by atoms with E-state index >= 15 is 0 Å². The van der Waals surface area contributed by atoms with E-state index in [1.54, 1.807) is 0 Å². The van der Waals surface area contributed by atoms with Crippen LogP contribution in [0.3, 0.4) is 0 Å². The van der Waals surface area contributed by atoms with Crippen molar-refractivity contribution in [2.45, 2.75) is 19.9 Å². The summed E-state index contributed by atoms with van der Waals surface area (Å²) in [6, 6.07) is 0.363. The van der Waals surface area contributed by atoms with E-state index in [4.69, 9.17) is 0 Å². The minimum absolute atomic E-state index is 0.0245. The Balaban J connectivity index is 2.47. The number of aromatic nitrogens is 2. The first-order chi connectivity index (χ1) is 5.70. The zero-order valence-corrected chi connectivity index (χ0v) is 7.35. The molecule has 0 spiro atoms. The summed E-state index contributed by atoms with van der Waals surface area (Å²) in [5.74, 6) is 0. The largest absolute Gasteiger partial charge is 0.326 e. The zero-order valence-electron chi connectivity index (χ0n) is 7.35. The summed E-state index contributed by atoms with van der Waals surface area (Å²) in [5, 5.41) is 3.15.